The number of aromatic nitrogens is 1. The average molecular weight is 317 g/mol. The molecule has 0 aliphatic carbocycles. The van der Waals surface area contributed by atoms with Crippen molar-refractivity contribution in [1.82, 2.24) is 15.8 Å². The van der Waals surface area contributed by atoms with E-state index in [-0.39, 0.29) is 11.6 Å². The van der Waals surface area contributed by atoms with Gasteiger partial charge >= 0.3 is 0 Å². The van der Waals surface area contributed by atoms with Gasteiger partial charge in [0.2, 0.25) is 0 Å². The molecular weight excluding hydrogens is 302 g/mol. The van der Waals surface area contributed by atoms with E-state index in [0.717, 1.165) is 11.1 Å². The lowest BCUT2D eigenvalue weighted by Crippen LogP contribution is -2.41. The van der Waals surface area contributed by atoms with Crippen molar-refractivity contribution in [2.75, 3.05) is 0 Å². The summed E-state index contributed by atoms with van der Waals surface area (Å²) in [5.74, 6) is -0.858. The van der Waals surface area contributed by atoms with Crippen LogP contribution in [0.25, 0.3) is 11.1 Å². The maximum absolute atomic E-state index is 12.1. The molecule has 0 radical (unpaired) electrons. The molecule has 0 atom stereocenters. The van der Waals surface area contributed by atoms with Crippen LogP contribution in [0.15, 0.2) is 79.0 Å². The van der Waals surface area contributed by atoms with Gasteiger partial charge in [0.1, 0.15) is 5.69 Å². The highest BCUT2D eigenvalue weighted by molar-refractivity contribution is 5.98. The topological polar surface area (TPSA) is 71.1 Å². The van der Waals surface area contributed by atoms with Crippen LogP contribution in [0.2, 0.25) is 0 Å². The van der Waals surface area contributed by atoms with Gasteiger partial charge in [-0.1, -0.05) is 48.5 Å². The SMILES string of the molecule is O=C(NNC(=O)c1ccccn1)c1ccc(-c2ccccc2)cc1. The quantitative estimate of drug-likeness (QED) is 0.730. The van der Waals surface area contributed by atoms with Crippen LogP contribution in [0.1, 0.15) is 20.8 Å². The van der Waals surface area contributed by atoms with Crippen LogP contribution in [0.5, 0.6) is 0 Å². The fraction of sp³-hybridized carbons (Fsp3) is 0. The molecular formula is C19H15N3O2. The molecule has 5 heteroatoms. The second kappa shape index (κ2) is 7.19. The molecule has 0 spiro atoms. The summed E-state index contributed by atoms with van der Waals surface area (Å²) in [6, 6.07) is 22.0. The third-order valence-electron chi connectivity index (χ3n) is 3.44. The second-order valence-corrected chi connectivity index (χ2v) is 5.07. The fourth-order valence-electron chi connectivity index (χ4n) is 2.19. The molecule has 0 bridgehead atoms. The van der Waals surface area contributed by atoms with Crippen molar-refractivity contribution in [2.45, 2.75) is 0 Å². The molecule has 2 amide bonds. The average Bonchev–Trinajstić information content (AvgIpc) is 2.67. The lowest BCUT2D eigenvalue weighted by Gasteiger charge is -2.08. The van der Waals surface area contributed by atoms with E-state index in [2.05, 4.69) is 15.8 Å². The largest absolute Gasteiger partial charge is 0.288 e. The standard InChI is InChI=1S/C19H15N3O2/c23-18(21-22-19(24)17-8-4-5-13-20-17)16-11-9-15(10-12-16)14-6-2-1-3-7-14/h1-13H,(H,21,23)(H,22,24). The van der Waals surface area contributed by atoms with Crippen LogP contribution in [0, 0.1) is 0 Å². The molecule has 3 aromatic rings. The molecule has 0 unspecified atom stereocenters. The summed E-state index contributed by atoms with van der Waals surface area (Å²) < 4.78 is 0. The first-order valence-corrected chi connectivity index (χ1v) is 7.41. The Morgan fingerprint density at radius 3 is 1.96 bits per heavy atom. The van der Waals surface area contributed by atoms with Gasteiger partial charge in [0, 0.05) is 11.8 Å². The van der Waals surface area contributed by atoms with Crippen molar-refractivity contribution < 1.29 is 9.59 Å². The molecule has 1 aromatic heterocycles. The Morgan fingerprint density at radius 2 is 1.29 bits per heavy atom. The lowest BCUT2D eigenvalue weighted by molar-refractivity contribution is 0.0844. The normalized spacial score (nSPS) is 10.0. The number of hydrogen-bond acceptors (Lipinski definition) is 3. The number of hydrogen-bond donors (Lipinski definition) is 2. The van der Waals surface area contributed by atoms with Crippen LogP contribution in [-0.4, -0.2) is 16.8 Å². The molecule has 118 valence electrons. The molecule has 2 aromatic carbocycles. The van der Waals surface area contributed by atoms with Crippen LogP contribution < -0.4 is 10.9 Å². The van der Waals surface area contributed by atoms with E-state index >= 15 is 0 Å². The molecule has 3 rings (SSSR count). The molecule has 0 aliphatic rings. The highest BCUT2D eigenvalue weighted by atomic mass is 16.2. The van der Waals surface area contributed by atoms with Crippen molar-refractivity contribution in [1.29, 1.82) is 0 Å². The highest BCUT2D eigenvalue weighted by Gasteiger charge is 2.09. The number of nitrogens with zero attached hydrogens (tertiary/aromatic N) is 1. The zero-order valence-corrected chi connectivity index (χ0v) is 12.8. The van der Waals surface area contributed by atoms with Gasteiger partial charge in [-0.25, -0.2) is 0 Å². The Kier molecular flexibility index (Phi) is 4.62. The summed E-state index contributed by atoms with van der Waals surface area (Å²) in [5, 5.41) is 0. The Labute approximate surface area is 139 Å². The van der Waals surface area contributed by atoms with Gasteiger partial charge in [-0.15, -0.1) is 0 Å². The minimum absolute atomic E-state index is 0.234. The number of carbonyl (C=O) groups excluding carboxylic acids is 2. The Balaban J connectivity index is 1.62. The summed E-state index contributed by atoms with van der Waals surface area (Å²) in [5.41, 5.74) is 7.50. The van der Waals surface area contributed by atoms with E-state index < -0.39 is 5.91 Å². The lowest BCUT2D eigenvalue weighted by atomic mass is 10.0. The van der Waals surface area contributed by atoms with Crippen molar-refractivity contribution in [2.24, 2.45) is 0 Å². The Bertz CT molecular complexity index is 832. The van der Waals surface area contributed by atoms with Crippen molar-refractivity contribution in [3.8, 4) is 11.1 Å². The van der Waals surface area contributed by atoms with Crippen molar-refractivity contribution in [3.05, 3.63) is 90.3 Å². The predicted octanol–water partition coefficient (Wildman–Crippen LogP) is 2.82. The van der Waals surface area contributed by atoms with Crippen molar-refractivity contribution >= 4 is 11.8 Å². The Hall–Kier alpha value is -3.47. The molecule has 0 saturated carbocycles. The first kappa shape index (κ1) is 15.4. The van der Waals surface area contributed by atoms with Crippen molar-refractivity contribution in [3.63, 3.8) is 0 Å². The van der Waals surface area contributed by atoms with E-state index in [4.69, 9.17) is 0 Å². The van der Waals surface area contributed by atoms with Crippen LogP contribution in [-0.2, 0) is 0 Å². The number of nitrogens with one attached hydrogen (secondary N) is 2. The van der Waals surface area contributed by atoms with Gasteiger partial charge in [-0.3, -0.25) is 25.4 Å². The van der Waals surface area contributed by atoms with E-state index in [1.807, 2.05) is 42.5 Å². The number of pyridine rings is 1. The highest BCUT2D eigenvalue weighted by Crippen LogP contribution is 2.19. The maximum atomic E-state index is 12.1. The van der Waals surface area contributed by atoms with Gasteiger partial charge in [0.25, 0.3) is 11.8 Å². The number of amides is 2. The van der Waals surface area contributed by atoms with Gasteiger partial charge in [-0.2, -0.15) is 0 Å². The van der Waals surface area contributed by atoms with Gasteiger partial charge in [0.15, 0.2) is 0 Å². The molecule has 5 nitrogen and oxygen atoms in total. The summed E-state index contributed by atoms with van der Waals surface area (Å²) in [6.07, 6.45) is 1.51. The van der Waals surface area contributed by atoms with Crippen LogP contribution in [0.3, 0.4) is 0 Å². The van der Waals surface area contributed by atoms with Crippen LogP contribution in [0.4, 0.5) is 0 Å². The van der Waals surface area contributed by atoms with E-state index in [1.54, 1.807) is 30.3 Å². The van der Waals surface area contributed by atoms with Crippen LogP contribution >= 0.6 is 0 Å². The molecule has 1 heterocycles. The van der Waals surface area contributed by atoms with Gasteiger partial charge in [0.05, 0.1) is 0 Å². The second-order valence-electron chi connectivity index (χ2n) is 5.07. The summed E-state index contributed by atoms with van der Waals surface area (Å²) in [7, 11) is 0. The Morgan fingerprint density at radius 1 is 0.667 bits per heavy atom. The summed E-state index contributed by atoms with van der Waals surface area (Å²) in [4.78, 5) is 27.8. The van der Waals surface area contributed by atoms with Gasteiger partial charge in [-0.05, 0) is 35.4 Å². The number of rotatable bonds is 3. The molecule has 0 fully saturated rings. The third kappa shape index (κ3) is 3.64. The first-order valence-electron chi connectivity index (χ1n) is 7.41. The summed E-state index contributed by atoms with van der Waals surface area (Å²) in [6.45, 7) is 0. The summed E-state index contributed by atoms with van der Waals surface area (Å²) >= 11 is 0. The van der Waals surface area contributed by atoms with Gasteiger partial charge < -0.3 is 0 Å². The number of carbonyl (C=O) groups is 2. The minimum Gasteiger partial charge on any atom is -0.267 e. The monoisotopic (exact) mass is 317 g/mol. The smallest absolute Gasteiger partial charge is 0.267 e. The number of benzene rings is 2. The molecule has 24 heavy (non-hydrogen) atoms. The van der Waals surface area contributed by atoms with E-state index in [1.165, 1.54) is 6.20 Å². The first-order chi connectivity index (χ1) is 11.7. The van der Waals surface area contributed by atoms with E-state index in [0.29, 0.717) is 5.56 Å². The van der Waals surface area contributed by atoms with E-state index in [9.17, 15) is 9.59 Å². The number of hydrazine groups is 1. The zero-order valence-electron chi connectivity index (χ0n) is 12.8. The maximum Gasteiger partial charge on any atom is 0.288 e. The predicted molar refractivity (Wildman–Crippen MR) is 91.0 cm³/mol. The zero-order chi connectivity index (χ0) is 16.8. The molecule has 2 N–H and O–H groups in total. The minimum atomic E-state index is -0.468. The fourth-order valence-corrected chi connectivity index (χ4v) is 2.19. The molecule has 0 saturated heterocycles. The molecule has 0 aliphatic heterocycles. The third-order valence-corrected chi connectivity index (χ3v) is 3.44.